The molecule has 0 radical (unpaired) electrons. The fourth-order valence-corrected chi connectivity index (χ4v) is 1.02. The number of nitrogens with two attached hydrogens (primary N) is 2. The van der Waals surface area contributed by atoms with Crippen molar-refractivity contribution in [3.63, 3.8) is 0 Å². The van der Waals surface area contributed by atoms with Crippen molar-refractivity contribution in [3.05, 3.63) is 35.8 Å². The molecule has 0 aliphatic heterocycles. The van der Waals surface area contributed by atoms with E-state index in [4.69, 9.17) is 26.2 Å². The zero-order valence-corrected chi connectivity index (χ0v) is 9.14. The Kier molecular flexibility index (Phi) is 4.18. The lowest BCUT2D eigenvalue weighted by Crippen LogP contribution is -2.31. The Labute approximate surface area is 97.6 Å². The Bertz CT molecular complexity index is 428. The van der Waals surface area contributed by atoms with Crippen LogP contribution in [0.15, 0.2) is 35.8 Å². The van der Waals surface area contributed by atoms with Crippen LogP contribution in [0.5, 0.6) is 11.5 Å². The highest BCUT2D eigenvalue weighted by Gasteiger charge is 2.11. The summed E-state index contributed by atoms with van der Waals surface area (Å²) in [5, 5.41) is 8.67. The van der Waals surface area contributed by atoms with Gasteiger partial charge < -0.3 is 20.3 Å². The topological polar surface area (TPSA) is 120 Å². The third-order valence-electron chi connectivity index (χ3n) is 1.89. The lowest BCUT2D eigenvalue weighted by Gasteiger charge is -2.10. The Morgan fingerprint density at radius 3 is 2.24 bits per heavy atom. The Balaban J connectivity index is 2.88. The van der Waals surface area contributed by atoms with Gasteiger partial charge in [-0.2, -0.15) is 0 Å². The first kappa shape index (κ1) is 12.7. The largest absolute Gasteiger partial charge is 0.497 e. The molecule has 0 aromatic heterocycles. The van der Waals surface area contributed by atoms with Crippen molar-refractivity contribution in [2.75, 3.05) is 7.11 Å². The van der Waals surface area contributed by atoms with E-state index in [0.717, 1.165) is 0 Å². The summed E-state index contributed by atoms with van der Waals surface area (Å²) in [5.41, 5.74) is 6.83. The molecule has 0 saturated carbocycles. The highest BCUT2D eigenvalue weighted by atomic mass is 16.5. The maximum Gasteiger partial charge on any atom is 0.357 e. The number of hydrogen-bond donors (Lipinski definition) is 4. The van der Waals surface area contributed by atoms with Gasteiger partial charge in [-0.15, -0.1) is 0 Å². The molecular weight excluding hydrogens is 226 g/mol. The highest BCUT2D eigenvalue weighted by Crippen LogP contribution is 2.18. The van der Waals surface area contributed by atoms with Crippen LogP contribution >= 0.6 is 0 Å². The van der Waals surface area contributed by atoms with Crippen molar-refractivity contribution in [2.45, 2.75) is 0 Å². The second kappa shape index (κ2) is 5.61. The summed E-state index contributed by atoms with van der Waals surface area (Å²) in [6.45, 7) is 0. The maximum absolute atomic E-state index is 10.6. The zero-order chi connectivity index (χ0) is 12.8. The van der Waals surface area contributed by atoms with E-state index in [1.807, 2.05) is 0 Å². The van der Waals surface area contributed by atoms with E-state index in [1.54, 1.807) is 24.3 Å². The molecule has 0 heterocycles. The van der Waals surface area contributed by atoms with Crippen LogP contribution in [0.1, 0.15) is 0 Å². The molecule has 17 heavy (non-hydrogen) atoms. The molecule has 92 valence electrons. The summed E-state index contributed by atoms with van der Waals surface area (Å²) in [7, 11) is 1.53. The second-order valence-corrected chi connectivity index (χ2v) is 2.97. The van der Waals surface area contributed by atoms with Crippen molar-refractivity contribution in [3.8, 4) is 11.5 Å². The Morgan fingerprint density at radius 1 is 1.29 bits per heavy atom. The van der Waals surface area contributed by atoms with Gasteiger partial charge in [-0.1, -0.05) is 0 Å². The van der Waals surface area contributed by atoms with Gasteiger partial charge in [-0.3, -0.25) is 5.43 Å². The third kappa shape index (κ3) is 3.28. The molecule has 0 aliphatic rings. The van der Waals surface area contributed by atoms with Crippen LogP contribution in [0.4, 0.5) is 0 Å². The second-order valence-electron chi connectivity index (χ2n) is 2.97. The van der Waals surface area contributed by atoms with E-state index in [2.05, 4.69) is 5.43 Å². The lowest BCUT2D eigenvalue weighted by molar-refractivity contribution is -0.132. The SMILES string of the molecule is COc1ccc(O/C(NN)=C(/N)C(=O)O)cc1. The molecule has 7 heteroatoms. The summed E-state index contributed by atoms with van der Waals surface area (Å²) < 4.78 is 10.1. The van der Waals surface area contributed by atoms with E-state index in [0.29, 0.717) is 11.5 Å². The number of nitrogens with one attached hydrogen (secondary N) is 1. The average molecular weight is 239 g/mol. The van der Waals surface area contributed by atoms with Crippen LogP contribution in [0, 0.1) is 0 Å². The van der Waals surface area contributed by atoms with Gasteiger partial charge in [0.2, 0.25) is 5.88 Å². The molecule has 0 amide bonds. The van der Waals surface area contributed by atoms with Gasteiger partial charge in [0, 0.05) is 0 Å². The van der Waals surface area contributed by atoms with Gasteiger partial charge in [0.15, 0.2) is 5.70 Å². The summed E-state index contributed by atoms with van der Waals surface area (Å²) in [6, 6.07) is 6.48. The Hall–Kier alpha value is -2.41. The van der Waals surface area contributed by atoms with E-state index in [1.165, 1.54) is 7.11 Å². The van der Waals surface area contributed by atoms with Gasteiger partial charge in [0.25, 0.3) is 0 Å². The molecule has 7 nitrogen and oxygen atoms in total. The van der Waals surface area contributed by atoms with Crippen LogP contribution < -0.4 is 26.5 Å². The lowest BCUT2D eigenvalue weighted by atomic mass is 10.3. The Morgan fingerprint density at radius 2 is 1.82 bits per heavy atom. The first-order chi connectivity index (χ1) is 8.08. The highest BCUT2D eigenvalue weighted by molar-refractivity contribution is 5.85. The predicted octanol–water partition coefficient (Wildman–Crippen LogP) is -0.250. The van der Waals surface area contributed by atoms with E-state index >= 15 is 0 Å². The van der Waals surface area contributed by atoms with Gasteiger partial charge in [0.05, 0.1) is 7.11 Å². The van der Waals surface area contributed by atoms with Gasteiger partial charge >= 0.3 is 5.97 Å². The number of hydrogen-bond acceptors (Lipinski definition) is 6. The molecule has 1 aromatic rings. The number of aliphatic carboxylic acids is 1. The van der Waals surface area contributed by atoms with Crippen molar-refractivity contribution < 1.29 is 19.4 Å². The molecule has 0 bridgehead atoms. The summed E-state index contributed by atoms with van der Waals surface area (Å²) in [4.78, 5) is 10.6. The standard InChI is InChI=1S/C10H13N3O4/c1-16-6-2-4-7(5-3-6)17-9(13-12)8(11)10(14)15/h2-5,13H,11-12H2,1H3,(H,14,15)/b9-8+. The van der Waals surface area contributed by atoms with Gasteiger partial charge in [-0.05, 0) is 24.3 Å². The predicted molar refractivity (Wildman–Crippen MR) is 59.8 cm³/mol. The third-order valence-corrected chi connectivity index (χ3v) is 1.89. The number of carboxylic acid groups (broad SMARTS) is 1. The molecular formula is C10H13N3O4. The van der Waals surface area contributed by atoms with Crippen molar-refractivity contribution >= 4 is 5.97 Å². The van der Waals surface area contributed by atoms with Crippen LogP contribution in [0.3, 0.4) is 0 Å². The summed E-state index contributed by atoms with van der Waals surface area (Å²) in [6.07, 6.45) is 0. The number of methoxy groups -OCH3 is 1. The summed E-state index contributed by atoms with van der Waals surface area (Å²) >= 11 is 0. The van der Waals surface area contributed by atoms with Crippen LogP contribution in [-0.4, -0.2) is 18.2 Å². The first-order valence-corrected chi connectivity index (χ1v) is 4.60. The minimum absolute atomic E-state index is 0.234. The molecule has 6 N–H and O–H groups in total. The van der Waals surface area contributed by atoms with Crippen LogP contribution in [-0.2, 0) is 4.79 Å². The molecule has 0 saturated heterocycles. The monoisotopic (exact) mass is 239 g/mol. The average Bonchev–Trinajstić information content (AvgIpc) is 2.35. The molecule has 0 spiro atoms. The van der Waals surface area contributed by atoms with Crippen LogP contribution in [0.25, 0.3) is 0 Å². The fraction of sp³-hybridized carbons (Fsp3) is 0.100. The molecule has 1 aromatic carbocycles. The quantitative estimate of drug-likeness (QED) is 0.242. The smallest absolute Gasteiger partial charge is 0.357 e. The van der Waals surface area contributed by atoms with Crippen molar-refractivity contribution in [1.82, 2.24) is 5.43 Å². The number of carboxylic acids is 1. The zero-order valence-electron chi connectivity index (χ0n) is 9.14. The minimum atomic E-state index is -1.33. The van der Waals surface area contributed by atoms with E-state index in [-0.39, 0.29) is 5.88 Å². The summed E-state index contributed by atoms with van der Waals surface area (Å²) in [5.74, 6) is 4.58. The number of ether oxygens (including phenoxy) is 2. The molecule has 0 aliphatic carbocycles. The molecule has 0 unspecified atom stereocenters. The normalized spacial score (nSPS) is 11.4. The van der Waals surface area contributed by atoms with E-state index in [9.17, 15) is 4.79 Å². The first-order valence-electron chi connectivity index (χ1n) is 4.60. The van der Waals surface area contributed by atoms with Gasteiger partial charge in [-0.25, -0.2) is 10.6 Å². The van der Waals surface area contributed by atoms with Crippen LogP contribution in [0.2, 0.25) is 0 Å². The molecule has 0 atom stereocenters. The number of hydrazine groups is 1. The number of benzene rings is 1. The van der Waals surface area contributed by atoms with Gasteiger partial charge in [0.1, 0.15) is 11.5 Å². The maximum atomic E-state index is 10.6. The minimum Gasteiger partial charge on any atom is -0.497 e. The molecule has 1 rings (SSSR count). The number of carbonyl (C=O) groups is 1. The molecule has 0 fully saturated rings. The van der Waals surface area contributed by atoms with Crippen molar-refractivity contribution in [1.29, 1.82) is 0 Å². The fourth-order valence-electron chi connectivity index (χ4n) is 1.02. The van der Waals surface area contributed by atoms with E-state index < -0.39 is 11.7 Å². The van der Waals surface area contributed by atoms with Crippen molar-refractivity contribution in [2.24, 2.45) is 11.6 Å². The number of rotatable bonds is 5.